The van der Waals surface area contributed by atoms with Crippen LogP contribution >= 0.6 is 11.6 Å². The predicted octanol–water partition coefficient (Wildman–Crippen LogP) is 4.55. The minimum Gasteiger partial charge on any atom is -0.497 e. The van der Waals surface area contributed by atoms with Gasteiger partial charge in [0.2, 0.25) is 0 Å². The monoisotopic (exact) mass is 384 g/mol. The molecule has 0 saturated carbocycles. The second-order valence-electron chi connectivity index (χ2n) is 5.79. The molecule has 1 heterocycles. The van der Waals surface area contributed by atoms with Gasteiger partial charge in [0.1, 0.15) is 29.5 Å². The molecule has 7 heteroatoms. The standard InChI is InChI=1S/C20H21ClN4O2/c1-26-16-5-3-4-14(10-16)8-9-22-19-12-20(24-13-23-19)25-15-6-7-18(27-2)17(21)11-15/h3-7,10-13H,8-9H2,1-2H3,(H2,22,23,24,25). The molecule has 0 fully saturated rings. The third kappa shape index (κ3) is 5.24. The molecule has 0 amide bonds. The molecular formula is C20H21ClN4O2. The van der Waals surface area contributed by atoms with Gasteiger partial charge < -0.3 is 20.1 Å². The number of methoxy groups -OCH3 is 2. The van der Waals surface area contributed by atoms with E-state index in [9.17, 15) is 0 Å². The number of nitrogens with zero attached hydrogens (tertiary/aromatic N) is 2. The van der Waals surface area contributed by atoms with E-state index in [4.69, 9.17) is 21.1 Å². The highest BCUT2D eigenvalue weighted by atomic mass is 35.5. The first-order valence-electron chi connectivity index (χ1n) is 8.47. The Morgan fingerprint density at radius 2 is 1.81 bits per heavy atom. The van der Waals surface area contributed by atoms with E-state index in [2.05, 4.69) is 26.7 Å². The Hall–Kier alpha value is -2.99. The highest BCUT2D eigenvalue weighted by Gasteiger charge is 2.04. The molecule has 1 aromatic heterocycles. The van der Waals surface area contributed by atoms with Crippen LogP contribution in [-0.4, -0.2) is 30.7 Å². The van der Waals surface area contributed by atoms with Crippen molar-refractivity contribution in [2.75, 3.05) is 31.4 Å². The second-order valence-corrected chi connectivity index (χ2v) is 6.20. The Balaban J connectivity index is 1.59. The van der Waals surface area contributed by atoms with E-state index in [1.165, 1.54) is 11.9 Å². The van der Waals surface area contributed by atoms with Crippen LogP contribution in [0.25, 0.3) is 0 Å². The summed E-state index contributed by atoms with van der Waals surface area (Å²) in [7, 11) is 3.25. The molecule has 3 rings (SSSR count). The molecule has 140 valence electrons. The molecule has 0 atom stereocenters. The largest absolute Gasteiger partial charge is 0.497 e. The summed E-state index contributed by atoms with van der Waals surface area (Å²) in [6.45, 7) is 0.748. The van der Waals surface area contributed by atoms with Crippen LogP contribution in [0.1, 0.15) is 5.56 Å². The summed E-state index contributed by atoms with van der Waals surface area (Å²) in [5.41, 5.74) is 2.02. The summed E-state index contributed by atoms with van der Waals surface area (Å²) in [6, 6.07) is 15.3. The van der Waals surface area contributed by atoms with Gasteiger partial charge in [0.25, 0.3) is 0 Å². The van der Waals surface area contributed by atoms with Crippen molar-refractivity contribution in [3.8, 4) is 11.5 Å². The molecule has 2 N–H and O–H groups in total. The van der Waals surface area contributed by atoms with E-state index in [1.54, 1.807) is 26.4 Å². The molecular weight excluding hydrogens is 364 g/mol. The van der Waals surface area contributed by atoms with Crippen LogP contribution in [0.5, 0.6) is 11.5 Å². The molecule has 0 unspecified atom stereocenters. The van der Waals surface area contributed by atoms with Gasteiger partial charge in [-0.25, -0.2) is 9.97 Å². The summed E-state index contributed by atoms with van der Waals surface area (Å²) in [5.74, 6) is 2.91. The highest BCUT2D eigenvalue weighted by Crippen LogP contribution is 2.28. The van der Waals surface area contributed by atoms with Crippen LogP contribution in [0.2, 0.25) is 5.02 Å². The van der Waals surface area contributed by atoms with Gasteiger partial charge in [-0.3, -0.25) is 0 Å². The van der Waals surface area contributed by atoms with Crippen molar-refractivity contribution in [3.05, 3.63) is 65.4 Å². The molecule has 27 heavy (non-hydrogen) atoms. The Bertz CT molecular complexity index is 905. The zero-order valence-corrected chi connectivity index (χ0v) is 16.0. The van der Waals surface area contributed by atoms with E-state index < -0.39 is 0 Å². The van der Waals surface area contributed by atoms with Gasteiger partial charge in [-0.2, -0.15) is 0 Å². The summed E-state index contributed by atoms with van der Waals surface area (Å²) < 4.78 is 10.4. The van der Waals surface area contributed by atoms with Crippen LogP contribution in [-0.2, 0) is 6.42 Å². The number of rotatable bonds is 8. The van der Waals surface area contributed by atoms with Crippen molar-refractivity contribution in [3.63, 3.8) is 0 Å². The lowest BCUT2D eigenvalue weighted by Crippen LogP contribution is -2.07. The first kappa shape index (κ1) is 18.8. The van der Waals surface area contributed by atoms with Crippen LogP contribution in [0, 0.1) is 0 Å². The maximum Gasteiger partial charge on any atom is 0.137 e. The first-order valence-corrected chi connectivity index (χ1v) is 8.85. The lowest BCUT2D eigenvalue weighted by molar-refractivity contribution is 0.414. The van der Waals surface area contributed by atoms with E-state index in [0.29, 0.717) is 16.6 Å². The van der Waals surface area contributed by atoms with Crippen molar-refractivity contribution < 1.29 is 9.47 Å². The molecule has 0 spiro atoms. The zero-order chi connectivity index (χ0) is 19.1. The van der Waals surface area contributed by atoms with Gasteiger partial charge in [0.15, 0.2) is 0 Å². The normalized spacial score (nSPS) is 10.3. The first-order chi connectivity index (χ1) is 13.2. The number of aromatic nitrogens is 2. The Morgan fingerprint density at radius 3 is 2.59 bits per heavy atom. The maximum absolute atomic E-state index is 6.16. The molecule has 6 nitrogen and oxygen atoms in total. The predicted molar refractivity (Wildman–Crippen MR) is 109 cm³/mol. The molecule has 0 aliphatic heterocycles. The van der Waals surface area contributed by atoms with E-state index in [0.717, 1.165) is 30.2 Å². The summed E-state index contributed by atoms with van der Waals surface area (Å²) in [4.78, 5) is 8.50. The van der Waals surface area contributed by atoms with Crippen molar-refractivity contribution in [2.24, 2.45) is 0 Å². The van der Waals surface area contributed by atoms with Gasteiger partial charge >= 0.3 is 0 Å². The molecule has 0 aliphatic carbocycles. The number of ether oxygens (including phenoxy) is 2. The van der Waals surface area contributed by atoms with Gasteiger partial charge in [-0.15, -0.1) is 0 Å². The lowest BCUT2D eigenvalue weighted by atomic mass is 10.1. The second kappa shape index (κ2) is 9.09. The SMILES string of the molecule is COc1cccc(CCNc2cc(Nc3ccc(OC)c(Cl)c3)ncn2)c1. The molecule has 0 saturated heterocycles. The smallest absolute Gasteiger partial charge is 0.137 e. The fraction of sp³-hybridized carbons (Fsp3) is 0.200. The van der Waals surface area contributed by atoms with Crippen molar-refractivity contribution in [2.45, 2.75) is 6.42 Å². The Kier molecular flexibility index (Phi) is 6.33. The van der Waals surface area contributed by atoms with Gasteiger partial charge in [-0.1, -0.05) is 23.7 Å². The number of anilines is 3. The van der Waals surface area contributed by atoms with E-state index >= 15 is 0 Å². The average molecular weight is 385 g/mol. The number of halogens is 1. The van der Waals surface area contributed by atoms with Crippen LogP contribution in [0.3, 0.4) is 0 Å². The summed E-state index contributed by atoms with van der Waals surface area (Å²) in [6.07, 6.45) is 2.37. The van der Waals surface area contributed by atoms with Gasteiger partial charge in [-0.05, 0) is 42.3 Å². The Morgan fingerprint density at radius 1 is 0.963 bits per heavy atom. The van der Waals surface area contributed by atoms with Crippen molar-refractivity contribution in [1.82, 2.24) is 9.97 Å². The third-order valence-corrected chi connectivity index (χ3v) is 4.24. The average Bonchev–Trinajstić information content (AvgIpc) is 2.69. The number of nitrogens with one attached hydrogen (secondary N) is 2. The molecule has 0 bridgehead atoms. The molecule has 2 aromatic carbocycles. The summed E-state index contributed by atoms with van der Waals surface area (Å²) >= 11 is 6.16. The number of hydrogen-bond donors (Lipinski definition) is 2. The van der Waals surface area contributed by atoms with Crippen LogP contribution < -0.4 is 20.1 Å². The quantitative estimate of drug-likeness (QED) is 0.594. The zero-order valence-electron chi connectivity index (χ0n) is 15.2. The number of benzene rings is 2. The fourth-order valence-electron chi connectivity index (χ4n) is 2.58. The number of hydrogen-bond acceptors (Lipinski definition) is 6. The van der Waals surface area contributed by atoms with Crippen molar-refractivity contribution in [1.29, 1.82) is 0 Å². The van der Waals surface area contributed by atoms with Crippen LogP contribution in [0.4, 0.5) is 17.3 Å². The molecule has 0 radical (unpaired) electrons. The fourth-order valence-corrected chi connectivity index (χ4v) is 2.83. The minimum atomic E-state index is 0.535. The van der Waals surface area contributed by atoms with Crippen LogP contribution in [0.15, 0.2) is 54.9 Å². The maximum atomic E-state index is 6.16. The van der Waals surface area contributed by atoms with Gasteiger partial charge in [0, 0.05) is 18.3 Å². The van der Waals surface area contributed by atoms with Gasteiger partial charge in [0.05, 0.1) is 19.2 Å². The lowest BCUT2D eigenvalue weighted by Gasteiger charge is -2.10. The van der Waals surface area contributed by atoms with E-state index in [-0.39, 0.29) is 0 Å². The third-order valence-electron chi connectivity index (χ3n) is 3.95. The van der Waals surface area contributed by atoms with Crippen molar-refractivity contribution >= 4 is 28.9 Å². The summed E-state index contributed by atoms with van der Waals surface area (Å²) in [5, 5.41) is 7.06. The molecule has 0 aliphatic rings. The molecule has 3 aromatic rings. The topological polar surface area (TPSA) is 68.3 Å². The van der Waals surface area contributed by atoms with E-state index in [1.807, 2.05) is 30.3 Å². The minimum absolute atomic E-state index is 0.535. The Labute approximate surface area is 163 Å². The highest BCUT2D eigenvalue weighted by molar-refractivity contribution is 6.32.